The first-order valence-electron chi connectivity index (χ1n) is 11.6. The largest absolute Gasteiger partial charge is 0.598 e. The van der Waals surface area contributed by atoms with Crippen LogP contribution in [-0.2, 0) is 35.7 Å². The Bertz CT molecular complexity index is 1490. The van der Waals surface area contributed by atoms with Gasteiger partial charge in [-0.3, -0.25) is 9.78 Å². The van der Waals surface area contributed by atoms with Crippen molar-refractivity contribution in [1.29, 1.82) is 0 Å². The van der Waals surface area contributed by atoms with Crippen molar-refractivity contribution in [2.75, 3.05) is 0 Å². The predicted molar refractivity (Wildman–Crippen MR) is 136 cm³/mol. The summed E-state index contributed by atoms with van der Waals surface area (Å²) in [5.41, 5.74) is 0.661. The maximum atomic E-state index is 15.6. The Morgan fingerprint density at radius 1 is 1.11 bits per heavy atom. The van der Waals surface area contributed by atoms with E-state index in [4.69, 9.17) is 14.3 Å². The Kier molecular flexibility index (Phi) is 8.00. The molecule has 0 radical (unpaired) electrons. The number of nitrogens with one attached hydrogen (secondary N) is 1. The average molecular weight is 547 g/mol. The third-order valence-corrected chi connectivity index (χ3v) is 7.20. The van der Waals surface area contributed by atoms with E-state index < -0.39 is 46.0 Å². The molecule has 2 N–H and O–H groups in total. The topological polar surface area (TPSA) is 108 Å². The zero-order valence-corrected chi connectivity index (χ0v) is 21.6. The smallest absolute Gasteiger partial charge is 0.307 e. The number of rotatable bonds is 9. The van der Waals surface area contributed by atoms with Crippen LogP contribution in [0.2, 0.25) is 0 Å². The molecule has 0 saturated heterocycles. The number of pyridine rings is 1. The predicted octanol–water partition coefficient (Wildman–Crippen LogP) is 5.67. The van der Waals surface area contributed by atoms with Crippen LogP contribution in [-0.4, -0.2) is 25.4 Å². The SMILES string of the molecule is CC(C)(C)[S@+]([O-])NCc1nccc(-c2cc(COc3cc(F)ccc3CC(=O)O)c(F)c3ccoc23)c1F. The molecular weight excluding hydrogens is 521 g/mol. The quantitative estimate of drug-likeness (QED) is 0.261. The molecule has 2 aromatic heterocycles. The number of aromatic nitrogens is 1. The molecule has 0 aliphatic carbocycles. The Morgan fingerprint density at radius 3 is 2.58 bits per heavy atom. The van der Waals surface area contributed by atoms with E-state index in [-0.39, 0.29) is 57.8 Å². The van der Waals surface area contributed by atoms with Crippen LogP contribution in [0.4, 0.5) is 13.2 Å². The second-order valence-electron chi connectivity index (χ2n) is 9.49. The van der Waals surface area contributed by atoms with Crippen molar-refractivity contribution in [3.63, 3.8) is 0 Å². The lowest BCUT2D eigenvalue weighted by Gasteiger charge is -2.23. The molecule has 0 aliphatic rings. The van der Waals surface area contributed by atoms with E-state index >= 15 is 8.78 Å². The maximum absolute atomic E-state index is 15.6. The van der Waals surface area contributed by atoms with Crippen LogP contribution in [0, 0.1) is 17.5 Å². The summed E-state index contributed by atoms with van der Waals surface area (Å²) in [7, 11) is 0. The molecule has 0 bridgehead atoms. The van der Waals surface area contributed by atoms with Gasteiger partial charge < -0.3 is 18.8 Å². The highest BCUT2D eigenvalue weighted by atomic mass is 32.2. The minimum atomic E-state index is -1.45. The Morgan fingerprint density at radius 2 is 1.87 bits per heavy atom. The van der Waals surface area contributed by atoms with E-state index in [0.29, 0.717) is 0 Å². The highest BCUT2D eigenvalue weighted by molar-refractivity contribution is 7.90. The van der Waals surface area contributed by atoms with E-state index in [9.17, 15) is 13.7 Å². The number of benzene rings is 2. The first-order valence-corrected chi connectivity index (χ1v) is 12.7. The molecule has 0 spiro atoms. The second-order valence-corrected chi connectivity index (χ2v) is 11.5. The van der Waals surface area contributed by atoms with Crippen LogP contribution in [0.5, 0.6) is 5.75 Å². The monoisotopic (exact) mass is 546 g/mol. The van der Waals surface area contributed by atoms with E-state index in [1.165, 1.54) is 36.7 Å². The van der Waals surface area contributed by atoms with Gasteiger partial charge in [0.25, 0.3) is 0 Å². The minimum absolute atomic E-state index is 0.0139. The van der Waals surface area contributed by atoms with Crippen LogP contribution in [0.3, 0.4) is 0 Å². The van der Waals surface area contributed by atoms with Crippen molar-refractivity contribution in [3.05, 3.63) is 83.1 Å². The summed E-state index contributed by atoms with van der Waals surface area (Å²) in [4.78, 5) is 15.2. The van der Waals surface area contributed by atoms with Gasteiger partial charge in [0.05, 0.1) is 30.3 Å². The molecule has 4 aromatic rings. The highest BCUT2D eigenvalue weighted by Gasteiger charge is 2.27. The summed E-state index contributed by atoms with van der Waals surface area (Å²) in [6.45, 7) is 4.84. The summed E-state index contributed by atoms with van der Waals surface area (Å²) in [6, 6.07) is 7.59. The Labute approximate surface area is 220 Å². The summed E-state index contributed by atoms with van der Waals surface area (Å²) in [5, 5.41) is 9.20. The van der Waals surface area contributed by atoms with Gasteiger partial charge in [0.15, 0.2) is 5.82 Å². The van der Waals surface area contributed by atoms with Crippen LogP contribution in [0.25, 0.3) is 22.1 Å². The van der Waals surface area contributed by atoms with E-state index in [1.54, 1.807) is 20.8 Å². The zero-order valence-electron chi connectivity index (χ0n) is 20.8. The molecule has 0 unspecified atom stereocenters. The fourth-order valence-corrected chi connectivity index (χ4v) is 4.47. The fourth-order valence-electron chi connectivity index (χ4n) is 3.77. The number of halogens is 3. The number of furan rings is 1. The second kappa shape index (κ2) is 11.1. The van der Waals surface area contributed by atoms with Gasteiger partial charge in [-0.15, -0.1) is 4.72 Å². The summed E-state index contributed by atoms with van der Waals surface area (Å²) in [6.07, 6.45) is 2.24. The molecule has 4 rings (SSSR count). The molecule has 38 heavy (non-hydrogen) atoms. The molecule has 1 atom stereocenters. The lowest BCUT2D eigenvalue weighted by Crippen LogP contribution is -2.39. The van der Waals surface area contributed by atoms with Crippen molar-refractivity contribution in [2.24, 2.45) is 0 Å². The lowest BCUT2D eigenvalue weighted by molar-refractivity contribution is -0.136. The lowest BCUT2D eigenvalue weighted by atomic mass is 9.99. The Balaban J connectivity index is 1.69. The molecular formula is C27H25F3N2O5S. The molecule has 0 saturated carbocycles. The third kappa shape index (κ3) is 5.95. The van der Waals surface area contributed by atoms with Gasteiger partial charge in [0.2, 0.25) is 0 Å². The number of fused-ring (bicyclic) bond motifs is 1. The minimum Gasteiger partial charge on any atom is -0.598 e. The van der Waals surface area contributed by atoms with Crippen molar-refractivity contribution < 1.29 is 36.8 Å². The molecule has 2 heterocycles. The van der Waals surface area contributed by atoms with E-state index in [0.717, 1.165) is 12.1 Å². The molecule has 0 aliphatic heterocycles. The zero-order chi connectivity index (χ0) is 27.6. The first-order chi connectivity index (χ1) is 18.0. The van der Waals surface area contributed by atoms with E-state index in [1.807, 2.05) is 0 Å². The van der Waals surface area contributed by atoms with Gasteiger partial charge in [-0.2, -0.15) is 0 Å². The van der Waals surface area contributed by atoms with Gasteiger partial charge in [-0.1, -0.05) is 6.07 Å². The van der Waals surface area contributed by atoms with E-state index in [2.05, 4.69) is 9.71 Å². The van der Waals surface area contributed by atoms with Crippen LogP contribution in [0.1, 0.15) is 37.6 Å². The number of nitrogens with zero attached hydrogens (tertiary/aromatic N) is 1. The summed E-state index contributed by atoms with van der Waals surface area (Å²) >= 11 is -1.45. The summed E-state index contributed by atoms with van der Waals surface area (Å²) < 4.78 is 70.4. The number of ether oxygens (including phenoxy) is 1. The number of aliphatic carboxylic acids is 1. The molecule has 0 fully saturated rings. The number of carboxylic acids is 1. The van der Waals surface area contributed by atoms with Crippen LogP contribution < -0.4 is 9.46 Å². The molecule has 0 amide bonds. The van der Waals surface area contributed by atoms with Gasteiger partial charge >= 0.3 is 5.97 Å². The van der Waals surface area contributed by atoms with Gasteiger partial charge in [-0.25, -0.2) is 13.2 Å². The van der Waals surface area contributed by atoms with Crippen LogP contribution in [0.15, 0.2) is 53.3 Å². The summed E-state index contributed by atoms with van der Waals surface area (Å²) in [5.74, 6) is -3.20. The average Bonchev–Trinajstić information content (AvgIpc) is 3.34. The first kappa shape index (κ1) is 27.5. The molecule has 200 valence electrons. The standard InChI is InChI=1S/C27H25F3N2O5S/c1-27(2,3)38(35)32-13-21-25(30)18(6-8-31-21)20-10-16(24(29)19-7-9-36-26(19)20)14-37-22-12-17(28)5-4-15(22)11-23(33)34/h4-10,12,32H,11,13-14H2,1-3H3,(H,33,34)/t38-/m0/s1. The maximum Gasteiger partial charge on any atom is 0.307 e. The molecule has 2 aromatic carbocycles. The number of carbonyl (C=O) groups is 1. The van der Waals surface area contributed by atoms with Gasteiger partial charge in [-0.05, 0) is 45.0 Å². The van der Waals surface area contributed by atoms with Crippen molar-refractivity contribution in [2.45, 2.75) is 45.1 Å². The normalized spacial score (nSPS) is 12.6. The van der Waals surface area contributed by atoms with Gasteiger partial charge in [0.1, 0.15) is 34.3 Å². The highest BCUT2D eigenvalue weighted by Crippen LogP contribution is 2.36. The molecule has 11 heteroatoms. The third-order valence-electron chi connectivity index (χ3n) is 5.68. The van der Waals surface area contributed by atoms with Crippen molar-refractivity contribution in [3.8, 4) is 16.9 Å². The number of carboxylic acid groups (broad SMARTS) is 1. The molecule has 7 nitrogen and oxygen atoms in total. The van der Waals surface area contributed by atoms with Crippen LogP contribution >= 0.6 is 0 Å². The van der Waals surface area contributed by atoms with Crippen molar-refractivity contribution >= 4 is 28.3 Å². The number of hydrogen-bond donors (Lipinski definition) is 2. The fraction of sp³-hybridized carbons (Fsp3) is 0.259. The van der Waals surface area contributed by atoms with Gasteiger partial charge in [0, 0.05) is 45.9 Å². The Hall–Kier alpha value is -3.54. The van der Waals surface area contributed by atoms with Crippen molar-refractivity contribution in [1.82, 2.24) is 9.71 Å². The number of hydrogen-bond acceptors (Lipinski definition) is 6.